The number of hydrogen-bond donors (Lipinski definition) is 2. The Morgan fingerprint density at radius 2 is 2.21 bits per heavy atom. The van der Waals surface area contributed by atoms with Crippen LogP contribution < -0.4 is 10.6 Å². The highest BCUT2D eigenvalue weighted by molar-refractivity contribution is 5.76. The Hall–Kier alpha value is -2.15. The number of hydrogen-bond acceptors (Lipinski definition) is 4. The molecule has 7 nitrogen and oxygen atoms in total. The SMILES string of the molecule is O=C1NCCN1CCNCc1ccccc1[N+](=O)[O-]. The lowest BCUT2D eigenvalue weighted by molar-refractivity contribution is -0.385. The Balaban J connectivity index is 1.79. The molecule has 2 N–H and O–H groups in total. The van der Waals surface area contributed by atoms with Crippen LogP contribution in [0.25, 0.3) is 0 Å². The molecule has 0 atom stereocenters. The van der Waals surface area contributed by atoms with Crippen LogP contribution >= 0.6 is 0 Å². The first-order chi connectivity index (χ1) is 9.18. The first-order valence-electron chi connectivity index (χ1n) is 6.14. The maximum Gasteiger partial charge on any atom is 0.317 e. The molecule has 1 fully saturated rings. The molecule has 2 rings (SSSR count). The van der Waals surface area contributed by atoms with E-state index in [9.17, 15) is 14.9 Å². The Labute approximate surface area is 110 Å². The number of nitrogens with zero attached hydrogens (tertiary/aromatic N) is 2. The van der Waals surface area contributed by atoms with Gasteiger partial charge < -0.3 is 15.5 Å². The number of rotatable bonds is 6. The van der Waals surface area contributed by atoms with Crippen molar-refractivity contribution in [1.29, 1.82) is 0 Å². The third kappa shape index (κ3) is 3.41. The minimum atomic E-state index is -0.384. The molecule has 0 saturated carbocycles. The van der Waals surface area contributed by atoms with Crippen LogP contribution in [0, 0.1) is 10.1 Å². The van der Waals surface area contributed by atoms with Gasteiger partial charge in [-0.2, -0.15) is 0 Å². The molecule has 1 aromatic carbocycles. The Morgan fingerprint density at radius 3 is 2.89 bits per heavy atom. The number of carbonyl (C=O) groups excluding carboxylic acids is 1. The molecular weight excluding hydrogens is 248 g/mol. The minimum absolute atomic E-state index is 0.0486. The molecule has 102 valence electrons. The summed E-state index contributed by atoms with van der Waals surface area (Å²) in [5.74, 6) is 0. The van der Waals surface area contributed by atoms with E-state index >= 15 is 0 Å². The minimum Gasteiger partial charge on any atom is -0.336 e. The molecule has 1 saturated heterocycles. The summed E-state index contributed by atoms with van der Waals surface area (Å²) in [7, 11) is 0. The second-order valence-electron chi connectivity index (χ2n) is 4.28. The van der Waals surface area contributed by atoms with Gasteiger partial charge in [-0.3, -0.25) is 10.1 Å². The van der Waals surface area contributed by atoms with Crippen molar-refractivity contribution in [3.05, 3.63) is 39.9 Å². The predicted octanol–water partition coefficient (Wildman–Crippen LogP) is 0.710. The highest BCUT2D eigenvalue weighted by Gasteiger charge is 2.18. The smallest absolute Gasteiger partial charge is 0.317 e. The topological polar surface area (TPSA) is 87.5 Å². The fourth-order valence-electron chi connectivity index (χ4n) is 2.00. The van der Waals surface area contributed by atoms with E-state index in [0.29, 0.717) is 38.3 Å². The van der Waals surface area contributed by atoms with Gasteiger partial charge in [0.2, 0.25) is 0 Å². The maximum atomic E-state index is 11.3. The van der Waals surface area contributed by atoms with Crippen LogP contribution in [0.3, 0.4) is 0 Å². The van der Waals surface area contributed by atoms with Gasteiger partial charge in [0.1, 0.15) is 0 Å². The molecule has 2 amide bonds. The van der Waals surface area contributed by atoms with E-state index in [1.807, 2.05) is 0 Å². The second kappa shape index (κ2) is 6.14. The number of carbonyl (C=O) groups is 1. The van der Waals surface area contributed by atoms with Crippen LogP contribution in [0.15, 0.2) is 24.3 Å². The van der Waals surface area contributed by atoms with Crippen molar-refractivity contribution >= 4 is 11.7 Å². The van der Waals surface area contributed by atoms with Crippen LogP contribution in [0.4, 0.5) is 10.5 Å². The summed E-state index contributed by atoms with van der Waals surface area (Å²) in [5, 5.41) is 16.7. The molecular formula is C12H16N4O3. The quantitative estimate of drug-likeness (QED) is 0.450. The van der Waals surface area contributed by atoms with Crippen molar-refractivity contribution in [2.24, 2.45) is 0 Å². The third-order valence-corrected chi connectivity index (χ3v) is 3.01. The molecule has 0 radical (unpaired) electrons. The van der Waals surface area contributed by atoms with E-state index in [-0.39, 0.29) is 16.6 Å². The summed E-state index contributed by atoms with van der Waals surface area (Å²) < 4.78 is 0. The van der Waals surface area contributed by atoms with Crippen LogP contribution in [-0.2, 0) is 6.54 Å². The zero-order valence-corrected chi connectivity index (χ0v) is 10.5. The van der Waals surface area contributed by atoms with Gasteiger partial charge in [-0.1, -0.05) is 18.2 Å². The predicted molar refractivity (Wildman–Crippen MR) is 69.8 cm³/mol. The summed E-state index contributed by atoms with van der Waals surface area (Å²) in [4.78, 5) is 23.4. The van der Waals surface area contributed by atoms with Crippen molar-refractivity contribution < 1.29 is 9.72 Å². The number of benzene rings is 1. The zero-order valence-electron chi connectivity index (χ0n) is 10.5. The maximum absolute atomic E-state index is 11.3. The number of urea groups is 1. The summed E-state index contributed by atoms with van der Waals surface area (Å²) in [6, 6.07) is 6.60. The van der Waals surface area contributed by atoms with E-state index in [2.05, 4.69) is 10.6 Å². The Morgan fingerprint density at radius 1 is 1.42 bits per heavy atom. The summed E-state index contributed by atoms with van der Waals surface area (Å²) in [6.45, 7) is 3.04. The lowest BCUT2D eigenvalue weighted by atomic mass is 10.2. The van der Waals surface area contributed by atoms with Crippen LogP contribution in [0.1, 0.15) is 5.56 Å². The van der Waals surface area contributed by atoms with Gasteiger partial charge in [-0.25, -0.2) is 4.79 Å². The molecule has 0 bridgehead atoms. The summed E-state index contributed by atoms with van der Waals surface area (Å²) in [5.41, 5.74) is 0.771. The number of nitro groups is 1. The zero-order chi connectivity index (χ0) is 13.7. The Bertz CT molecular complexity index is 478. The summed E-state index contributed by atoms with van der Waals surface area (Å²) in [6.07, 6.45) is 0. The monoisotopic (exact) mass is 264 g/mol. The van der Waals surface area contributed by atoms with Gasteiger partial charge in [-0.15, -0.1) is 0 Å². The van der Waals surface area contributed by atoms with Gasteiger partial charge in [0.15, 0.2) is 0 Å². The highest BCUT2D eigenvalue weighted by atomic mass is 16.6. The average Bonchev–Trinajstić information content (AvgIpc) is 2.80. The van der Waals surface area contributed by atoms with E-state index in [0.717, 1.165) is 0 Å². The second-order valence-corrected chi connectivity index (χ2v) is 4.28. The van der Waals surface area contributed by atoms with Crippen molar-refractivity contribution in [2.75, 3.05) is 26.2 Å². The average molecular weight is 264 g/mol. The standard InChI is InChI=1S/C12H16N4O3/c17-12-14-6-8-15(12)7-5-13-9-10-3-1-2-4-11(10)16(18)19/h1-4,13H,5-9H2,(H,14,17). The molecule has 7 heteroatoms. The number of nitrogens with one attached hydrogen (secondary N) is 2. The first-order valence-corrected chi connectivity index (χ1v) is 6.14. The van der Waals surface area contributed by atoms with Crippen LogP contribution in [-0.4, -0.2) is 42.0 Å². The number of nitro benzene ring substituents is 1. The van der Waals surface area contributed by atoms with Crippen LogP contribution in [0.5, 0.6) is 0 Å². The van der Waals surface area contributed by atoms with Crippen molar-refractivity contribution in [3.8, 4) is 0 Å². The van der Waals surface area contributed by atoms with Crippen LogP contribution in [0.2, 0.25) is 0 Å². The van der Waals surface area contributed by atoms with Gasteiger partial charge in [0.05, 0.1) is 4.92 Å². The third-order valence-electron chi connectivity index (χ3n) is 3.01. The van der Waals surface area contributed by atoms with Gasteiger partial charge >= 0.3 is 6.03 Å². The number of para-hydroxylation sites is 1. The molecule has 0 aromatic heterocycles. The van der Waals surface area contributed by atoms with Crippen molar-refractivity contribution in [3.63, 3.8) is 0 Å². The molecule has 19 heavy (non-hydrogen) atoms. The molecule has 1 aliphatic rings. The fraction of sp³-hybridized carbons (Fsp3) is 0.417. The van der Waals surface area contributed by atoms with Gasteiger partial charge in [-0.05, 0) is 0 Å². The normalized spacial score (nSPS) is 14.5. The number of amides is 2. The molecule has 0 unspecified atom stereocenters. The largest absolute Gasteiger partial charge is 0.336 e. The molecule has 1 heterocycles. The lowest BCUT2D eigenvalue weighted by Gasteiger charge is -2.14. The van der Waals surface area contributed by atoms with E-state index < -0.39 is 0 Å². The Kier molecular flexibility index (Phi) is 4.30. The first kappa shape index (κ1) is 13.3. The molecule has 0 spiro atoms. The lowest BCUT2D eigenvalue weighted by Crippen LogP contribution is -2.34. The van der Waals surface area contributed by atoms with E-state index in [4.69, 9.17) is 0 Å². The van der Waals surface area contributed by atoms with Gasteiger partial charge in [0, 0.05) is 44.4 Å². The molecule has 1 aliphatic heterocycles. The van der Waals surface area contributed by atoms with E-state index in [1.54, 1.807) is 23.1 Å². The molecule has 1 aromatic rings. The fourth-order valence-corrected chi connectivity index (χ4v) is 2.00. The highest BCUT2D eigenvalue weighted by Crippen LogP contribution is 2.16. The van der Waals surface area contributed by atoms with Crippen molar-refractivity contribution in [2.45, 2.75) is 6.54 Å². The van der Waals surface area contributed by atoms with Crippen molar-refractivity contribution in [1.82, 2.24) is 15.5 Å². The summed E-state index contributed by atoms with van der Waals surface area (Å²) >= 11 is 0. The van der Waals surface area contributed by atoms with E-state index in [1.165, 1.54) is 6.07 Å². The van der Waals surface area contributed by atoms with Gasteiger partial charge in [0.25, 0.3) is 5.69 Å². The molecule has 0 aliphatic carbocycles.